The van der Waals surface area contributed by atoms with Crippen LogP contribution in [0.15, 0.2) is 59.3 Å². The van der Waals surface area contributed by atoms with E-state index >= 15 is 0 Å². The average molecular weight is 347 g/mol. The highest BCUT2D eigenvalue weighted by Crippen LogP contribution is 2.23. The number of nitrogens with zero attached hydrogens (tertiary/aromatic N) is 5. The van der Waals surface area contributed by atoms with Gasteiger partial charge in [0.1, 0.15) is 5.52 Å². The van der Waals surface area contributed by atoms with Crippen molar-refractivity contribution in [3.05, 3.63) is 60.4 Å². The van der Waals surface area contributed by atoms with Gasteiger partial charge in [-0.05, 0) is 30.3 Å². The average Bonchev–Trinajstić information content (AvgIpc) is 3.33. The summed E-state index contributed by atoms with van der Waals surface area (Å²) in [5.74, 6) is 0.0471. The van der Waals surface area contributed by atoms with Crippen molar-refractivity contribution in [1.82, 2.24) is 19.5 Å². The molecular formula is C19H17N5O2. The first kappa shape index (κ1) is 14.9. The van der Waals surface area contributed by atoms with Crippen LogP contribution in [0.1, 0.15) is 10.4 Å². The molecule has 1 aliphatic heterocycles. The van der Waals surface area contributed by atoms with Gasteiger partial charge in [-0.1, -0.05) is 12.1 Å². The van der Waals surface area contributed by atoms with Crippen LogP contribution in [0.4, 0.5) is 6.01 Å². The van der Waals surface area contributed by atoms with E-state index in [1.165, 1.54) is 0 Å². The van der Waals surface area contributed by atoms with Crippen molar-refractivity contribution >= 4 is 28.5 Å². The fourth-order valence-electron chi connectivity index (χ4n) is 3.33. The molecule has 4 heterocycles. The molecule has 1 fully saturated rings. The monoisotopic (exact) mass is 347 g/mol. The lowest BCUT2D eigenvalue weighted by molar-refractivity contribution is 0.0745. The van der Waals surface area contributed by atoms with E-state index in [1.54, 1.807) is 10.7 Å². The molecule has 0 bridgehead atoms. The number of aromatic nitrogens is 3. The van der Waals surface area contributed by atoms with Crippen molar-refractivity contribution in [2.24, 2.45) is 0 Å². The zero-order valence-electron chi connectivity index (χ0n) is 14.1. The number of fused-ring (bicyclic) bond motifs is 2. The third kappa shape index (κ3) is 2.48. The van der Waals surface area contributed by atoms with Gasteiger partial charge >= 0.3 is 0 Å². The van der Waals surface area contributed by atoms with Gasteiger partial charge in [-0.15, -0.1) is 0 Å². The number of carbonyl (C=O) groups is 1. The quantitative estimate of drug-likeness (QED) is 0.557. The molecule has 0 atom stereocenters. The fraction of sp³-hybridized carbons (Fsp3) is 0.211. The van der Waals surface area contributed by atoms with Crippen molar-refractivity contribution < 1.29 is 9.21 Å². The summed E-state index contributed by atoms with van der Waals surface area (Å²) in [5.41, 5.74) is 3.25. The van der Waals surface area contributed by atoms with Crippen molar-refractivity contribution in [3.63, 3.8) is 0 Å². The summed E-state index contributed by atoms with van der Waals surface area (Å²) < 4.78 is 7.58. The Labute approximate surface area is 149 Å². The lowest BCUT2D eigenvalue weighted by atomic mass is 10.2. The first-order chi connectivity index (χ1) is 12.8. The molecule has 1 amide bonds. The molecule has 0 N–H and O–H groups in total. The minimum absolute atomic E-state index is 0.0471. The van der Waals surface area contributed by atoms with E-state index in [0.29, 0.717) is 37.8 Å². The predicted molar refractivity (Wildman–Crippen MR) is 97.3 cm³/mol. The second-order valence-electron chi connectivity index (χ2n) is 6.36. The van der Waals surface area contributed by atoms with E-state index in [1.807, 2.05) is 53.6 Å². The van der Waals surface area contributed by atoms with Gasteiger partial charge in [0.15, 0.2) is 5.58 Å². The molecule has 0 radical (unpaired) electrons. The minimum atomic E-state index is 0.0471. The standard InChI is InChI=1S/C19H17N5O2/c25-18(14-6-8-24-15(13-14)5-7-20-24)22-9-11-23(12-10-22)19-21-16-3-1-2-4-17(16)26-19/h1-8,13H,9-12H2. The smallest absolute Gasteiger partial charge is 0.298 e. The molecule has 4 aromatic rings. The molecule has 0 saturated carbocycles. The van der Waals surface area contributed by atoms with Crippen LogP contribution in [-0.2, 0) is 0 Å². The number of piperazine rings is 1. The topological polar surface area (TPSA) is 66.9 Å². The van der Waals surface area contributed by atoms with Crippen molar-refractivity contribution in [3.8, 4) is 0 Å². The zero-order chi connectivity index (χ0) is 17.5. The molecular weight excluding hydrogens is 330 g/mol. The molecule has 5 rings (SSSR count). The Balaban J connectivity index is 1.30. The maximum atomic E-state index is 12.8. The van der Waals surface area contributed by atoms with E-state index in [2.05, 4.69) is 15.0 Å². The van der Waals surface area contributed by atoms with Crippen LogP contribution in [0.25, 0.3) is 16.6 Å². The molecule has 0 aliphatic carbocycles. The molecule has 0 spiro atoms. The van der Waals surface area contributed by atoms with Crippen molar-refractivity contribution in [2.45, 2.75) is 0 Å². The van der Waals surface area contributed by atoms with Crippen LogP contribution in [0.3, 0.4) is 0 Å². The molecule has 7 nitrogen and oxygen atoms in total. The summed E-state index contributed by atoms with van der Waals surface area (Å²) in [7, 11) is 0. The number of carbonyl (C=O) groups excluding carboxylic acids is 1. The maximum Gasteiger partial charge on any atom is 0.298 e. The fourth-order valence-corrected chi connectivity index (χ4v) is 3.33. The lowest BCUT2D eigenvalue weighted by Crippen LogP contribution is -2.48. The second-order valence-corrected chi connectivity index (χ2v) is 6.36. The van der Waals surface area contributed by atoms with Crippen LogP contribution in [0, 0.1) is 0 Å². The highest BCUT2D eigenvalue weighted by atomic mass is 16.4. The van der Waals surface area contributed by atoms with E-state index in [4.69, 9.17) is 4.42 Å². The maximum absolute atomic E-state index is 12.8. The normalized spacial score (nSPS) is 15.1. The number of hydrogen-bond acceptors (Lipinski definition) is 5. The minimum Gasteiger partial charge on any atom is -0.423 e. The molecule has 1 saturated heterocycles. The molecule has 1 aliphatic rings. The van der Waals surface area contributed by atoms with Crippen LogP contribution in [0.5, 0.6) is 0 Å². The van der Waals surface area contributed by atoms with Crippen molar-refractivity contribution in [2.75, 3.05) is 31.1 Å². The number of amides is 1. The lowest BCUT2D eigenvalue weighted by Gasteiger charge is -2.33. The summed E-state index contributed by atoms with van der Waals surface area (Å²) in [5, 5.41) is 4.16. The SMILES string of the molecule is O=C(c1ccn2nccc2c1)N1CCN(c2nc3ccccc3o2)CC1. The van der Waals surface area contributed by atoms with Gasteiger partial charge < -0.3 is 14.2 Å². The van der Waals surface area contributed by atoms with Gasteiger partial charge in [-0.2, -0.15) is 10.1 Å². The number of benzene rings is 1. The van der Waals surface area contributed by atoms with E-state index in [-0.39, 0.29) is 5.91 Å². The van der Waals surface area contributed by atoms with Crippen molar-refractivity contribution in [1.29, 1.82) is 0 Å². The number of hydrogen-bond donors (Lipinski definition) is 0. The van der Waals surface area contributed by atoms with Gasteiger partial charge in [0.25, 0.3) is 11.9 Å². The van der Waals surface area contributed by atoms with E-state index < -0.39 is 0 Å². The van der Waals surface area contributed by atoms with Crippen LogP contribution in [-0.4, -0.2) is 51.6 Å². The molecule has 130 valence electrons. The number of oxazole rings is 1. The predicted octanol–water partition coefficient (Wildman–Crippen LogP) is 2.44. The molecule has 1 aromatic carbocycles. The third-order valence-electron chi connectivity index (χ3n) is 4.77. The summed E-state index contributed by atoms with van der Waals surface area (Å²) in [6.07, 6.45) is 3.54. The Bertz CT molecular complexity index is 1060. The zero-order valence-corrected chi connectivity index (χ0v) is 14.1. The summed E-state index contributed by atoms with van der Waals surface area (Å²) in [4.78, 5) is 21.3. The Morgan fingerprint density at radius 1 is 1.04 bits per heavy atom. The van der Waals surface area contributed by atoms with Crippen LogP contribution >= 0.6 is 0 Å². The number of pyridine rings is 1. The largest absolute Gasteiger partial charge is 0.423 e. The third-order valence-corrected chi connectivity index (χ3v) is 4.77. The molecule has 0 unspecified atom stereocenters. The van der Waals surface area contributed by atoms with Crippen LogP contribution in [0.2, 0.25) is 0 Å². The second kappa shape index (κ2) is 5.87. The summed E-state index contributed by atoms with van der Waals surface area (Å²) >= 11 is 0. The van der Waals surface area contributed by atoms with Gasteiger partial charge in [-0.3, -0.25) is 4.79 Å². The Morgan fingerprint density at radius 3 is 2.73 bits per heavy atom. The Kier molecular flexibility index (Phi) is 3.38. The first-order valence-electron chi connectivity index (χ1n) is 8.61. The first-order valence-corrected chi connectivity index (χ1v) is 8.61. The molecule has 26 heavy (non-hydrogen) atoms. The number of para-hydroxylation sites is 2. The highest BCUT2D eigenvalue weighted by molar-refractivity contribution is 5.95. The van der Waals surface area contributed by atoms with Gasteiger partial charge in [0.05, 0.1) is 5.52 Å². The molecule has 3 aromatic heterocycles. The number of anilines is 1. The Morgan fingerprint density at radius 2 is 1.88 bits per heavy atom. The molecule has 7 heteroatoms. The van der Waals surface area contributed by atoms with E-state index in [9.17, 15) is 4.79 Å². The van der Waals surface area contributed by atoms with Gasteiger partial charge in [0, 0.05) is 44.1 Å². The highest BCUT2D eigenvalue weighted by Gasteiger charge is 2.25. The summed E-state index contributed by atoms with van der Waals surface area (Å²) in [6.45, 7) is 2.69. The number of rotatable bonds is 2. The van der Waals surface area contributed by atoms with Crippen LogP contribution < -0.4 is 4.90 Å². The van der Waals surface area contributed by atoms with Gasteiger partial charge in [0.2, 0.25) is 0 Å². The Hall–Kier alpha value is -3.35. The van der Waals surface area contributed by atoms with E-state index in [0.717, 1.165) is 16.6 Å². The summed E-state index contributed by atoms with van der Waals surface area (Å²) in [6, 6.07) is 13.9. The van der Waals surface area contributed by atoms with Gasteiger partial charge in [-0.25, -0.2) is 4.52 Å².